The fraction of sp³-hybridized carbons (Fsp3) is 0.833. The van der Waals surface area contributed by atoms with Crippen LogP contribution < -0.4 is 0 Å². The van der Waals surface area contributed by atoms with Crippen LogP contribution in [0.4, 0.5) is 87.8 Å². The van der Waals surface area contributed by atoms with Gasteiger partial charge in [-0.25, -0.2) is 26.3 Å². The highest BCUT2D eigenvalue weighted by molar-refractivity contribution is 5.20. The topological polar surface area (TPSA) is 0 Å². The predicted octanol–water partition coefficient (Wildman–Crippen LogP) is 7.16. The summed E-state index contributed by atoms with van der Waals surface area (Å²) in [6.07, 6.45) is -32.2. The fourth-order valence-electron chi connectivity index (χ4n) is 1.94. The average molecular weight is 528 g/mol. The van der Waals surface area contributed by atoms with E-state index in [1.807, 2.05) is 0 Å². The van der Waals surface area contributed by atoms with Gasteiger partial charge >= 0.3 is 41.7 Å². The Hall–Kier alpha value is -1.66. The summed E-state index contributed by atoms with van der Waals surface area (Å²) in [5, 5.41) is 0. The molecule has 2 unspecified atom stereocenters. The molecule has 20 heteroatoms. The third-order valence-corrected chi connectivity index (χ3v) is 3.80. The monoisotopic (exact) mass is 528 g/mol. The summed E-state index contributed by atoms with van der Waals surface area (Å²) in [5.41, 5.74) is -15.0. The van der Waals surface area contributed by atoms with Crippen molar-refractivity contribution in [3.05, 3.63) is 12.4 Å². The molecule has 0 bridgehead atoms. The average Bonchev–Trinajstić information content (AvgIpc) is 2.57. The van der Waals surface area contributed by atoms with Crippen molar-refractivity contribution >= 4 is 0 Å². The molecule has 0 amide bonds. The van der Waals surface area contributed by atoms with Gasteiger partial charge in [-0.1, -0.05) is 0 Å². The Morgan fingerprint density at radius 3 is 1.09 bits per heavy atom. The number of hydrogen-bond acceptors (Lipinski definition) is 0. The minimum absolute atomic E-state index is 1.67. The molecule has 0 aromatic carbocycles. The molecule has 0 radical (unpaired) electrons. The summed E-state index contributed by atoms with van der Waals surface area (Å²) in [7, 11) is 0. The van der Waals surface area contributed by atoms with Crippen LogP contribution in [0.25, 0.3) is 0 Å². The standard InChI is InChI=1S/C12H4F20/c13-2-1-5(17,4(15)16)6(18,19)3(14)7(20,21)9(23,24)10(25,26)8(22,11(27,28)29)12(30,31)32/h1-4H. The van der Waals surface area contributed by atoms with E-state index in [-0.39, 0.29) is 0 Å². The lowest BCUT2D eigenvalue weighted by Gasteiger charge is -2.44. The van der Waals surface area contributed by atoms with Gasteiger partial charge in [-0.2, -0.15) is 61.5 Å². The highest BCUT2D eigenvalue weighted by Gasteiger charge is 2.95. The number of allylic oxidation sites excluding steroid dienone is 1. The van der Waals surface area contributed by atoms with Crippen LogP contribution >= 0.6 is 0 Å². The second-order valence-corrected chi connectivity index (χ2v) is 5.77. The van der Waals surface area contributed by atoms with Gasteiger partial charge in [-0.3, -0.25) is 0 Å². The van der Waals surface area contributed by atoms with Crippen molar-refractivity contribution in [1.82, 2.24) is 0 Å². The first-order chi connectivity index (χ1) is 13.7. The molecule has 0 fully saturated rings. The van der Waals surface area contributed by atoms with Gasteiger partial charge in [-0.05, 0) is 6.08 Å². The van der Waals surface area contributed by atoms with E-state index < -0.39 is 72.4 Å². The second kappa shape index (κ2) is 7.98. The summed E-state index contributed by atoms with van der Waals surface area (Å²) in [5.74, 6) is -33.3. The van der Waals surface area contributed by atoms with Gasteiger partial charge in [-0.15, -0.1) is 0 Å². The minimum Gasteiger partial charge on any atom is -0.234 e. The largest absolute Gasteiger partial charge is 0.438 e. The van der Waals surface area contributed by atoms with Gasteiger partial charge in [0.05, 0.1) is 6.33 Å². The molecule has 0 saturated heterocycles. The van der Waals surface area contributed by atoms with Crippen molar-refractivity contribution in [2.24, 2.45) is 0 Å². The van der Waals surface area contributed by atoms with Crippen LogP contribution in [0.15, 0.2) is 12.4 Å². The van der Waals surface area contributed by atoms with Crippen LogP contribution in [0.1, 0.15) is 0 Å². The zero-order valence-corrected chi connectivity index (χ0v) is 13.9. The van der Waals surface area contributed by atoms with Gasteiger partial charge in [0.1, 0.15) is 0 Å². The molecule has 0 aliphatic carbocycles. The van der Waals surface area contributed by atoms with Gasteiger partial charge in [0.15, 0.2) is 0 Å². The van der Waals surface area contributed by atoms with Gasteiger partial charge in [0.25, 0.3) is 12.1 Å². The molecule has 0 spiro atoms. The first-order valence-corrected chi connectivity index (χ1v) is 6.88. The normalized spacial score (nSPS) is 18.9. The molecule has 0 aliphatic rings. The Labute approximate surface area is 161 Å². The molecular formula is C12H4F20. The molecule has 32 heavy (non-hydrogen) atoms. The van der Waals surface area contributed by atoms with E-state index >= 15 is 0 Å². The van der Waals surface area contributed by atoms with Crippen molar-refractivity contribution in [2.45, 2.75) is 60.0 Å². The van der Waals surface area contributed by atoms with Crippen LogP contribution in [-0.4, -0.2) is 60.0 Å². The Bertz CT molecular complexity index is 668. The number of rotatable bonds is 8. The first kappa shape index (κ1) is 30.3. The van der Waals surface area contributed by atoms with E-state index in [9.17, 15) is 87.8 Å². The maximum Gasteiger partial charge on any atom is 0.438 e. The molecule has 0 aliphatic heterocycles. The lowest BCUT2D eigenvalue weighted by atomic mass is 9.82. The summed E-state index contributed by atoms with van der Waals surface area (Å²) in [4.78, 5) is 0. The molecule has 0 aromatic rings. The van der Waals surface area contributed by atoms with E-state index in [1.165, 1.54) is 0 Å². The predicted molar refractivity (Wildman–Crippen MR) is 60.7 cm³/mol. The van der Waals surface area contributed by atoms with Crippen molar-refractivity contribution in [2.75, 3.05) is 0 Å². The van der Waals surface area contributed by atoms with Crippen molar-refractivity contribution in [1.29, 1.82) is 0 Å². The zero-order valence-electron chi connectivity index (χ0n) is 13.9. The molecule has 0 rings (SSSR count). The van der Waals surface area contributed by atoms with Gasteiger partial charge < -0.3 is 0 Å². The maximum atomic E-state index is 13.5. The Morgan fingerprint density at radius 1 is 0.500 bits per heavy atom. The molecule has 0 nitrogen and oxygen atoms in total. The quantitative estimate of drug-likeness (QED) is 0.294. The minimum atomic E-state index is -8.86. The SMILES string of the molecule is FC=CC(F)(C(F)F)C(F)(F)C(F)C(F)(F)C(F)(F)C(F)(F)C(F)(C(F)(F)F)C(F)(F)F. The van der Waals surface area contributed by atoms with Gasteiger partial charge in [0.2, 0.25) is 6.17 Å². The summed E-state index contributed by atoms with van der Waals surface area (Å²) >= 11 is 0. The first-order valence-electron chi connectivity index (χ1n) is 6.88. The summed E-state index contributed by atoms with van der Waals surface area (Å²) < 4.78 is 257. The molecule has 0 aromatic heterocycles. The highest BCUT2D eigenvalue weighted by atomic mass is 19.4. The number of halogens is 20. The van der Waals surface area contributed by atoms with Crippen LogP contribution in [-0.2, 0) is 0 Å². The Kier molecular flexibility index (Phi) is 7.57. The Morgan fingerprint density at radius 2 is 0.844 bits per heavy atom. The third-order valence-electron chi connectivity index (χ3n) is 3.80. The molecule has 0 saturated carbocycles. The van der Waals surface area contributed by atoms with E-state index in [1.54, 1.807) is 0 Å². The molecular weight excluding hydrogens is 524 g/mol. The zero-order chi connectivity index (χ0) is 26.6. The molecule has 0 heterocycles. The van der Waals surface area contributed by atoms with Crippen LogP contribution in [0.3, 0.4) is 0 Å². The molecule has 2 atom stereocenters. The van der Waals surface area contributed by atoms with Crippen molar-refractivity contribution in [3.63, 3.8) is 0 Å². The lowest BCUT2D eigenvalue weighted by molar-refractivity contribution is -0.451. The number of hydrogen-bond donors (Lipinski definition) is 0. The smallest absolute Gasteiger partial charge is 0.234 e. The highest BCUT2D eigenvalue weighted by Crippen LogP contribution is 2.63. The van der Waals surface area contributed by atoms with E-state index in [0.29, 0.717) is 0 Å². The molecule has 192 valence electrons. The van der Waals surface area contributed by atoms with E-state index in [0.717, 1.165) is 0 Å². The summed E-state index contributed by atoms with van der Waals surface area (Å²) in [6.45, 7) is 0. The fourth-order valence-corrected chi connectivity index (χ4v) is 1.94. The van der Waals surface area contributed by atoms with Crippen LogP contribution in [0, 0.1) is 0 Å². The number of alkyl halides is 19. The molecule has 0 N–H and O–H groups in total. The van der Waals surface area contributed by atoms with E-state index in [4.69, 9.17) is 0 Å². The second-order valence-electron chi connectivity index (χ2n) is 5.77. The van der Waals surface area contributed by atoms with Gasteiger partial charge in [0, 0.05) is 0 Å². The van der Waals surface area contributed by atoms with Crippen LogP contribution in [0.5, 0.6) is 0 Å². The maximum absolute atomic E-state index is 13.5. The van der Waals surface area contributed by atoms with E-state index in [2.05, 4.69) is 0 Å². The van der Waals surface area contributed by atoms with Crippen molar-refractivity contribution < 1.29 is 87.8 Å². The Balaban J connectivity index is 6.99. The summed E-state index contributed by atoms with van der Waals surface area (Å²) in [6, 6.07) is 0. The van der Waals surface area contributed by atoms with Crippen LogP contribution in [0.2, 0.25) is 0 Å². The van der Waals surface area contributed by atoms with Crippen molar-refractivity contribution in [3.8, 4) is 0 Å². The third kappa shape index (κ3) is 3.83. The lowest BCUT2D eigenvalue weighted by Crippen LogP contribution is -2.76.